The van der Waals surface area contributed by atoms with E-state index in [-0.39, 0.29) is 0 Å². The molecule has 0 aliphatic carbocycles. The van der Waals surface area contributed by atoms with Crippen LogP contribution in [-0.2, 0) is 4.79 Å². The average Bonchev–Trinajstić information content (AvgIpc) is 3.08. The fraction of sp³-hybridized carbons (Fsp3) is 0.227. The van der Waals surface area contributed by atoms with Gasteiger partial charge >= 0.3 is 5.97 Å². The summed E-state index contributed by atoms with van der Waals surface area (Å²) >= 11 is 0. The highest BCUT2D eigenvalue weighted by molar-refractivity contribution is 5.90. The molecule has 0 amide bonds. The second-order valence-corrected chi connectivity index (χ2v) is 6.53. The molecule has 2 aromatic carbocycles. The summed E-state index contributed by atoms with van der Waals surface area (Å²) in [4.78, 5) is 18.5. The minimum Gasteiger partial charge on any atom is -0.490 e. The number of fused-ring (bicyclic) bond motifs is 1. The maximum absolute atomic E-state index is 10.7. The van der Waals surface area contributed by atoms with E-state index in [1.165, 1.54) is 0 Å². The van der Waals surface area contributed by atoms with E-state index < -0.39 is 12.6 Å². The van der Waals surface area contributed by atoms with E-state index >= 15 is 0 Å². The van der Waals surface area contributed by atoms with Gasteiger partial charge in [0.1, 0.15) is 11.9 Å². The summed E-state index contributed by atoms with van der Waals surface area (Å²) < 4.78 is 10.8. The molecule has 29 heavy (non-hydrogen) atoms. The van der Waals surface area contributed by atoms with Gasteiger partial charge in [-0.15, -0.1) is 0 Å². The number of carboxylic acid groups (broad SMARTS) is 1. The molecule has 7 heteroatoms. The summed E-state index contributed by atoms with van der Waals surface area (Å²) in [6.45, 7) is 5.80. The van der Waals surface area contributed by atoms with Crippen molar-refractivity contribution < 1.29 is 19.4 Å². The molecule has 0 atom stereocenters. The first-order chi connectivity index (χ1) is 13.9. The molecule has 3 rings (SSSR count). The number of aryl methyl sites for hydroxylation is 2. The van der Waals surface area contributed by atoms with Crippen LogP contribution < -0.4 is 9.47 Å². The second-order valence-electron chi connectivity index (χ2n) is 6.53. The number of aliphatic carboxylic acids is 1. The van der Waals surface area contributed by atoms with E-state index in [0.717, 1.165) is 22.2 Å². The Bertz CT molecular complexity index is 1100. The van der Waals surface area contributed by atoms with E-state index in [1.807, 2.05) is 32.9 Å². The first-order valence-electron chi connectivity index (χ1n) is 9.11. The summed E-state index contributed by atoms with van der Waals surface area (Å²) in [5.74, 6) is 0.158. The Balaban J connectivity index is 1.97. The van der Waals surface area contributed by atoms with Gasteiger partial charge in [0.25, 0.3) is 0 Å². The van der Waals surface area contributed by atoms with E-state index in [2.05, 4.69) is 16.0 Å². The van der Waals surface area contributed by atoms with E-state index in [4.69, 9.17) is 14.6 Å². The van der Waals surface area contributed by atoms with Crippen molar-refractivity contribution in [1.82, 2.24) is 9.97 Å². The van der Waals surface area contributed by atoms with Crippen LogP contribution in [0.3, 0.4) is 0 Å². The number of allylic oxidation sites excluding steroid dienone is 1. The normalized spacial score (nSPS) is 11.3. The largest absolute Gasteiger partial charge is 0.490 e. The highest BCUT2D eigenvalue weighted by Crippen LogP contribution is 2.30. The van der Waals surface area contributed by atoms with Gasteiger partial charge in [-0.2, -0.15) is 5.26 Å². The van der Waals surface area contributed by atoms with E-state index in [9.17, 15) is 10.1 Å². The van der Waals surface area contributed by atoms with E-state index in [0.29, 0.717) is 35.1 Å². The van der Waals surface area contributed by atoms with Crippen molar-refractivity contribution in [3.8, 4) is 17.6 Å². The highest BCUT2D eigenvalue weighted by Gasteiger charge is 2.12. The zero-order valence-electron chi connectivity index (χ0n) is 16.4. The lowest BCUT2D eigenvalue weighted by Gasteiger charge is -2.11. The lowest BCUT2D eigenvalue weighted by Crippen LogP contribution is -2.10. The number of nitrogens with zero attached hydrogens (tertiary/aromatic N) is 2. The number of ether oxygens (including phenoxy) is 2. The molecule has 0 spiro atoms. The van der Waals surface area contributed by atoms with Crippen LogP contribution in [0.5, 0.6) is 11.5 Å². The number of carboxylic acids is 1. The molecule has 148 valence electrons. The zero-order valence-corrected chi connectivity index (χ0v) is 16.4. The molecule has 7 nitrogen and oxygen atoms in total. The smallest absolute Gasteiger partial charge is 0.341 e. The maximum Gasteiger partial charge on any atom is 0.341 e. The van der Waals surface area contributed by atoms with Crippen LogP contribution >= 0.6 is 0 Å². The van der Waals surface area contributed by atoms with Gasteiger partial charge in [0, 0.05) is 0 Å². The molecule has 2 N–H and O–H groups in total. The number of hydrogen-bond donors (Lipinski definition) is 2. The first-order valence-corrected chi connectivity index (χ1v) is 9.11. The van der Waals surface area contributed by atoms with Crippen LogP contribution in [0.4, 0.5) is 0 Å². The van der Waals surface area contributed by atoms with Crippen molar-refractivity contribution in [2.75, 3.05) is 13.2 Å². The van der Waals surface area contributed by atoms with Crippen molar-refractivity contribution >= 4 is 28.7 Å². The van der Waals surface area contributed by atoms with Crippen LogP contribution in [0.25, 0.3) is 22.7 Å². The molecular weight excluding hydrogens is 370 g/mol. The minimum absolute atomic E-state index is 0.333. The Morgan fingerprint density at radius 3 is 2.66 bits per heavy atom. The average molecular weight is 391 g/mol. The van der Waals surface area contributed by atoms with Crippen LogP contribution in [0.15, 0.2) is 30.3 Å². The monoisotopic (exact) mass is 391 g/mol. The quantitative estimate of drug-likeness (QED) is 0.587. The molecule has 0 aliphatic heterocycles. The van der Waals surface area contributed by atoms with Gasteiger partial charge in [0.2, 0.25) is 0 Å². The van der Waals surface area contributed by atoms with Crippen molar-refractivity contribution in [3.63, 3.8) is 0 Å². The Kier molecular flexibility index (Phi) is 5.84. The standard InChI is InChI=1S/C22H21N3O4/c1-4-28-20-10-15(5-6-19(20)29-12-21(26)27)9-16(11-23)22-24-17-7-13(2)14(3)8-18(17)25-22/h5-10H,4,12H2,1-3H3,(H,24,25)(H,26,27)/b16-9+. The molecule has 0 unspecified atom stereocenters. The van der Waals surface area contributed by atoms with Gasteiger partial charge in [-0.05, 0) is 67.8 Å². The highest BCUT2D eigenvalue weighted by atomic mass is 16.5. The zero-order chi connectivity index (χ0) is 21.0. The molecule has 3 aromatic rings. The number of rotatable bonds is 7. The van der Waals surface area contributed by atoms with Gasteiger partial charge in [-0.25, -0.2) is 9.78 Å². The number of H-pyrrole nitrogens is 1. The molecule has 1 heterocycles. The number of nitriles is 1. The molecule has 0 aliphatic rings. The summed E-state index contributed by atoms with van der Waals surface area (Å²) in [5.41, 5.74) is 5.04. The molecule has 1 aromatic heterocycles. The molecule has 0 saturated heterocycles. The molecule has 0 saturated carbocycles. The number of aromatic nitrogens is 2. The lowest BCUT2D eigenvalue weighted by molar-refractivity contribution is -0.139. The lowest BCUT2D eigenvalue weighted by atomic mass is 10.1. The van der Waals surface area contributed by atoms with Gasteiger partial charge in [-0.3, -0.25) is 0 Å². The predicted molar refractivity (Wildman–Crippen MR) is 110 cm³/mol. The Labute approximate surface area is 168 Å². The molecular formula is C22H21N3O4. The predicted octanol–water partition coefficient (Wildman–Crippen LogP) is 4.11. The second kappa shape index (κ2) is 8.48. The van der Waals surface area contributed by atoms with Crippen LogP contribution in [0, 0.1) is 25.2 Å². The van der Waals surface area contributed by atoms with Crippen molar-refractivity contribution in [2.24, 2.45) is 0 Å². The first kappa shape index (κ1) is 20.0. The fourth-order valence-electron chi connectivity index (χ4n) is 2.86. The number of nitrogens with one attached hydrogen (secondary N) is 1. The van der Waals surface area contributed by atoms with Gasteiger partial charge in [0.15, 0.2) is 18.1 Å². The summed E-state index contributed by atoms with van der Waals surface area (Å²) in [7, 11) is 0. The number of benzene rings is 2. The van der Waals surface area contributed by atoms with Gasteiger partial charge in [0.05, 0.1) is 23.2 Å². The third-order valence-corrected chi connectivity index (χ3v) is 4.40. The summed E-state index contributed by atoms with van der Waals surface area (Å²) in [5, 5.41) is 18.4. The Morgan fingerprint density at radius 2 is 1.97 bits per heavy atom. The van der Waals surface area contributed by atoms with Crippen molar-refractivity contribution in [2.45, 2.75) is 20.8 Å². The number of imidazole rings is 1. The topological polar surface area (TPSA) is 108 Å². The minimum atomic E-state index is -1.07. The SMILES string of the molecule is CCOc1cc(/C=C(\C#N)c2nc3cc(C)c(C)cc3[nH]2)ccc1OCC(=O)O. The number of aromatic amines is 1. The number of carbonyl (C=O) groups is 1. The molecule has 0 bridgehead atoms. The summed E-state index contributed by atoms with van der Waals surface area (Å²) in [6, 6.07) is 11.2. The third-order valence-electron chi connectivity index (χ3n) is 4.40. The maximum atomic E-state index is 10.7. The van der Waals surface area contributed by atoms with Crippen LogP contribution in [-0.4, -0.2) is 34.3 Å². The van der Waals surface area contributed by atoms with E-state index in [1.54, 1.807) is 24.3 Å². The van der Waals surface area contributed by atoms with Crippen molar-refractivity contribution in [1.29, 1.82) is 5.26 Å². The fourth-order valence-corrected chi connectivity index (χ4v) is 2.86. The molecule has 0 fully saturated rings. The van der Waals surface area contributed by atoms with Crippen LogP contribution in [0.1, 0.15) is 29.4 Å². The van der Waals surface area contributed by atoms with Gasteiger partial charge < -0.3 is 19.6 Å². The third kappa shape index (κ3) is 4.55. The van der Waals surface area contributed by atoms with Crippen LogP contribution in [0.2, 0.25) is 0 Å². The summed E-state index contributed by atoms with van der Waals surface area (Å²) in [6.07, 6.45) is 1.70. The van der Waals surface area contributed by atoms with Gasteiger partial charge in [-0.1, -0.05) is 6.07 Å². The molecule has 0 radical (unpaired) electrons. The Morgan fingerprint density at radius 1 is 1.21 bits per heavy atom. The number of hydrogen-bond acceptors (Lipinski definition) is 5. The Hall–Kier alpha value is -3.79. The van der Waals surface area contributed by atoms with Crippen molar-refractivity contribution in [3.05, 3.63) is 52.8 Å².